The molecule has 0 aliphatic carbocycles. The lowest BCUT2D eigenvalue weighted by atomic mass is 10.2. The molecule has 0 radical (unpaired) electrons. The third-order valence-corrected chi connectivity index (χ3v) is 3.77. The molecule has 0 fully saturated rings. The summed E-state index contributed by atoms with van der Waals surface area (Å²) in [6, 6.07) is 6.10. The zero-order chi connectivity index (χ0) is 14.4. The van der Waals surface area contributed by atoms with E-state index in [1.54, 1.807) is 0 Å². The van der Waals surface area contributed by atoms with Crippen molar-refractivity contribution in [2.24, 2.45) is 7.05 Å². The summed E-state index contributed by atoms with van der Waals surface area (Å²) in [6.45, 7) is 4.56. The highest BCUT2D eigenvalue weighted by molar-refractivity contribution is 9.10. The van der Waals surface area contributed by atoms with Gasteiger partial charge in [-0.2, -0.15) is 5.10 Å². The Morgan fingerprint density at radius 1 is 1.40 bits per heavy atom. The topological polar surface area (TPSA) is 39.1 Å². The molecule has 0 aliphatic heterocycles. The van der Waals surface area contributed by atoms with Crippen LogP contribution in [0.3, 0.4) is 0 Å². The van der Waals surface area contributed by atoms with Crippen molar-refractivity contribution in [3.8, 4) is 5.75 Å². The number of nitrogens with one attached hydrogen (secondary N) is 1. The van der Waals surface area contributed by atoms with E-state index in [4.69, 9.17) is 4.74 Å². The first kappa shape index (κ1) is 15.1. The van der Waals surface area contributed by atoms with Crippen molar-refractivity contribution in [2.45, 2.75) is 19.9 Å². The third kappa shape index (κ3) is 4.35. The minimum absolute atomic E-state index is 0.661. The van der Waals surface area contributed by atoms with Gasteiger partial charge in [0.2, 0.25) is 0 Å². The van der Waals surface area contributed by atoms with E-state index in [1.165, 1.54) is 11.1 Å². The Kier molecular flexibility index (Phi) is 5.61. The van der Waals surface area contributed by atoms with Crippen LogP contribution < -0.4 is 10.1 Å². The first-order valence-corrected chi connectivity index (χ1v) is 7.58. The third-order valence-electron chi connectivity index (χ3n) is 3.00. The molecular weight excluding hydrogens is 318 g/mol. The van der Waals surface area contributed by atoms with Gasteiger partial charge < -0.3 is 10.1 Å². The van der Waals surface area contributed by atoms with Crippen molar-refractivity contribution in [3.05, 3.63) is 46.2 Å². The molecule has 0 amide bonds. The summed E-state index contributed by atoms with van der Waals surface area (Å²) in [4.78, 5) is 0. The number of ether oxygens (including phenoxy) is 1. The van der Waals surface area contributed by atoms with E-state index in [0.717, 1.165) is 29.7 Å². The Morgan fingerprint density at radius 3 is 2.95 bits per heavy atom. The predicted molar refractivity (Wildman–Crippen MR) is 83.9 cm³/mol. The van der Waals surface area contributed by atoms with Gasteiger partial charge >= 0.3 is 0 Å². The summed E-state index contributed by atoms with van der Waals surface area (Å²) in [7, 11) is 1.92. The lowest BCUT2D eigenvalue weighted by molar-refractivity contribution is 0.321. The molecule has 0 saturated heterocycles. The summed E-state index contributed by atoms with van der Waals surface area (Å²) >= 11 is 3.56. The number of hydrogen-bond donors (Lipinski definition) is 1. The number of aryl methyl sites for hydroxylation is 1. The molecule has 0 bridgehead atoms. The van der Waals surface area contributed by atoms with Crippen LogP contribution >= 0.6 is 15.9 Å². The second-order valence-corrected chi connectivity index (χ2v) is 5.51. The van der Waals surface area contributed by atoms with E-state index in [-0.39, 0.29) is 0 Å². The van der Waals surface area contributed by atoms with E-state index in [2.05, 4.69) is 39.3 Å². The van der Waals surface area contributed by atoms with Crippen LogP contribution in [-0.4, -0.2) is 22.9 Å². The second-order valence-electron chi connectivity index (χ2n) is 4.65. The molecule has 1 N–H and O–H groups in total. The van der Waals surface area contributed by atoms with E-state index < -0.39 is 0 Å². The number of halogens is 1. The fourth-order valence-corrected chi connectivity index (χ4v) is 2.31. The summed E-state index contributed by atoms with van der Waals surface area (Å²) < 4.78 is 8.73. The quantitative estimate of drug-likeness (QED) is 0.844. The summed E-state index contributed by atoms with van der Waals surface area (Å²) in [5.41, 5.74) is 2.41. The van der Waals surface area contributed by atoms with E-state index in [1.807, 2.05) is 36.3 Å². The van der Waals surface area contributed by atoms with Crippen LogP contribution in [0.4, 0.5) is 0 Å². The first-order valence-electron chi connectivity index (χ1n) is 6.78. The van der Waals surface area contributed by atoms with E-state index in [0.29, 0.717) is 6.61 Å². The molecule has 0 saturated carbocycles. The van der Waals surface area contributed by atoms with Gasteiger partial charge in [-0.25, -0.2) is 0 Å². The second kappa shape index (κ2) is 7.45. The first-order chi connectivity index (χ1) is 9.69. The summed E-state index contributed by atoms with van der Waals surface area (Å²) in [5, 5.41) is 7.47. The average molecular weight is 338 g/mol. The zero-order valence-corrected chi connectivity index (χ0v) is 13.5. The normalized spacial score (nSPS) is 10.8. The van der Waals surface area contributed by atoms with Crippen LogP contribution in [-0.2, 0) is 20.0 Å². The molecule has 2 rings (SSSR count). The number of aromatic nitrogens is 2. The van der Waals surface area contributed by atoms with Crippen molar-refractivity contribution in [1.82, 2.24) is 15.1 Å². The molecule has 20 heavy (non-hydrogen) atoms. The van der Waals surface area contributed by atoms with Crippen LogP contribution in [0.1, 0.15) is 18.1 Å². The van der Waals surface area contributed by atoms with Gasteiger partial charge in [-0.15, -0.1) is 0 Å². The minimum atomic E-state index is 0.661. The van der Waals surface area contributed by atoms with Gasteiger partial charge in [-0.3, -0.25) is 4.68 Å². The highest BCUT2D eigenvalue weighted by Crippen LogP contribution is 2.22. The van der Waals surface area contributed by atoms with Crippen molar-refractivity contribution in [2.75, 3.05) is 13.2 Å². The molecule has 0 spiro atoms. The van der Waals surface area contributed by atoms with Crippen molar-refractivity contribution in [1.29, 1.82) is 0 Å². The monoisotopic (exact) mass is 337 g/mol. The van der Waals surface area contributed by atoms with E-state index in [9.17, 15) is 0 Å². The Bertz CT molecular complexity index is 554. The van der Waals surface area contributed by atoms with Crippen LogP contribution in [0, 0.1) is 0 Å². The molecule has 5 heteroatoms. The molecule has 4 nitrogen and oxygen atoms in total. The van der Waals surface area contributed by atoms with Gasteiger partial charge in [0.05, 0.1) is 12.8 Å². The number of benzene rings is 1. The fourth-order valence-electron chi connectivity index (χ4n) is 1.92. The van der Waals surface area contributed by atoms with Crippen LogP contribution in [0.15, 0.2) is 35.1 Å². The van der Waals surface area contributed by atoms with Crippen molar-refractivity contribution >= 4 is 15.9 Å². The largest absolute Gasteiger partial charge is 0.493 e. The maximum absolute atomic E-state index is 5.81. The van der Waals surface area contributed by atoms with Crippen LogP contribution in [0.2, 0.25) is 0 Å². The van der Waals surface area contributed by atoms with Crippen molar-refractivity contribution in [3.63, 3.8) is 0 Å². The fraction of sp³-hybridized carbons (Fsp3) is 0.400. The maximum Gasteiger partial charge on any atom is 0.119 e. The Balaban J connectivity index is 1.89. The molecule has 108 valence electrons. The Hall–Kier alpha value is -1.33. The van der Waals surface area contributed by atoms with Gasteiger partial charge in [0.1, 0.15) is 5.75 Å². The van der Waals surface area contributed by atoms with Gasteiger partial charge in [0, 0.05) is 30.7 Å². The summed E-state index contributed by atoms with van der Waals surface area (Å²) in [6.07, 6.45) is 4.76. The zero-order valence-electron chi connectivity index (χ0n) is 11.9. The molecular formula is C15H20BrN3O. The van der Waals surface area contributed by atoms with Gasteiger partial charge in [-0.05, 0) is 35.9 Å². The molecule has 0 unspecified atom stereocenters. The molecule has 1 aromatic carbocycles. The molecule has 1 heterocycles. The van der Waals surface area contributed by atoms with E-state index >= 15 is 0 Å². The molecule has 1 aromatic heterocycles. The Morgan fingerprint density at radius 2 is 2.25 bits per heavy atom. The van der Waals surface area contributed by atoms with Crippen LogP contribution in [0.5, 0.6) is 5.75 Å². The van der Waals surface area contributed by atoms with Gasteiger partial charge in [0.25, 0.3) is 0 Å². The minimum Gasteiger partial charge on any atom is -0.493 e. The number of rotatable bonds is 7. The van der Waals surface area contributed by atoms with Gasteiger partial charge in [0.15, 0.2) is 0 Å². The van der Waals surface area contributed by atoms with Crippen LogP contribution in [0.25, 0.3) is 0 Å². The Labute approximate surface area is 128 Å². The predicted octanol–water partition coefficient (Wildman–Crippen LogP) is 2.91. The summed E-state index contributed by atoms with van der Waals surface area (Å²) in [5.74, 6) is 0.907. The molecule has 0 atom stereocenters. The maximum atomic E-state index is 5.81. The lowest BCUT2D eigenvalue weighted by Crippen LogP contribution is -2.12. The molecule has 0 aliphatic rings. The SMILES string of the molecule is CCNCc1cc(OCCc2cnn(C)c2)ccc1Br. The number of nitrogens with zero attached hydrogens (tertiary/aromatic N) is 2. The average Bonchev–Trinajstić information content (AvgIpc) is 2.85. The number of hydrogen-bond acceptors (Lipinski definition) is 3. The van der Waals surface area contributed by atoms with Crippen molar-refractivity contribution < 1.29 is 4.74 Å². The molecule has 2 aromatic rings. The lowest BCUT2D eigenvalue weighted by Gasteiger charge is -2.10. The smallest absolute Gasteiger partial charge is 0.119 e. The standard InChI is InChI=1S/C15H20BrN3O/c1-3-17-10-13-8-14(4-5-15(13)16)20-7-6-12-9-18-19(2)11-12/h4-5,8-9,11,17H,3,6-7,10H2,1-2H3. The highest BCUT2D eigenvalue weighted by Gasteiger charge is 2.03. The highest BCUT2D eigenvalue weighted by atomic mass is 79.9. The van der Waals surface area contributed by atoms with Gasteiger partial charge in [-0.1, -0.05) is 22.9 Å².